The van der Waals surface area contributed by atoms with E-state index in [1.54, 1.807) is 19.2 Å². The first-order chi connectivity index (χ1) is 9.04. The normalized spacial score (nSPS) is 11.4. The minimum atomic E-state index is -0.888. The molecule has 19 heavy (non-hydrogen) atoms. The van der Waals surface area contributed by atoms with Gasteiger partial charge < -0.3 is 14.4 Å². The van der Waals surface area contributed by atoms with E-state index < -0.39 is 5.97 Å². The van der Waals surface area contributed by atoms with Gasteiger partial charge in [0.25, 0.3) is 0 Å². The summed E-state index contributed by atoms with van der Waals surface area (Å²) in [5, 5.41) is 10.1. The highest BCUT2D eigenvalue weighted by Gasteiger charge is 2.13. The van der Waals surface area contributed by atoms with E-state index in [-0.39, 0.29) is 0 Å². The molecule has 1 N–H and O–H groups in total. The summed E-state index contributed by atoms with van der Waals surface area (Å²) in [7, 11) is 1.68. The Balaban J connectivity index is 2.57. The molecule has 0 radical (unpaired) electrons. The van der Waals surface area contributed by atoms with Gasteiger partial charge in [-0.3, -0.25) is 0 Å². The van der Waals surface area contributed by atoms with E-state index in [9.17, 15) is 4.79 Å². The number of nitrogens with zero attached hydrogens (tertiary/aromatic N) is 1. The van der Waals surface area contributed by atoms with Gasteiger partial charge in [0.1, 0.15) is 0 Å². The van der Waals surface area contributed by atoms with Crippen LogP contribution < -0.4 is 0 Å². The molecule has 0 saturated heterocycles. The number of hydrogen-bond acceptors (Lipinski definition) is 2. The van der Waals surface area contributed by atoms with Crippen LogP contribution in [-0.4, -0.2) is 29.4 Å². The molecule has 4 heteroatoms. The first-order valence-electron chi connectivity index (χ1n) is 6.39. The Morgan fingerprint density at radius 1 is 1.42 bits per heavy atom. The van der Waals surface area contributed by atoms with Crippen molar-refractivity contribution in [2.24, 2.45) is 0 Å². The van der Waals surface area contributed by atoms with E-state index >= 15 is 0 Å². The van der Waals surface area contributed by atoms with Crippen LogP contribution in [0.4, 0.5) is 0 Å². The molecule has 2 rings (SSSR count). The number of aromatic carboxylic acids is 1. The highest BCUT2D eigenvalue weighted by atomic mass is 16.5. The summed E-state index contributed by atoms with van der Waals surface area (Å²) in [4.78, 5) is 11.1. The van der Waals surface area contributed by atoms with Crippen molar-refractivity contribution >= 4 is 16.9 Å². The van der Waals surface area contributed by atoms with Crippen molar-refractivity contribution in [2.75, 3.05) is 13.7 Å². The fourth-order valence-electron chi connectivity index (χ4n) is 2.29. The van der Waals surface area contributed by atoms with E-state index in [0.717, 1.165) is 17.4 Å². The second-order valence-electron chi connectivity index (χ2n) is 4.96. The first-order valence-corrected chi connectivity index (χ1v) is 6.39. The van der Waals surface area contributed by atoms with Gasteiger partial charge in [0.15, 0.2) is 0 Å². The third-order valence-corrected chi connectivity index (χ3v) is 3.32. The number of ether oxygens (including phenoxy) is 1. The zero-order valence-corrected chi connectivity index (χ0v) is 11.5. The molecule has 1 aromatic carbocycles. The molecule has 0 amide bonds. The lowest BCUT2D eigenvalue weighted by Gasteiger charge is -2.04. The Morgan fingerprint density at radius 3 is 2.74 bits per heavy atom. The van der Waals surface area contributed by atoms with Gasteiger partial charge in [0.2, 0.25) is 0 Å². The summed E-state index contributed by atoms with van der Waals surface area (Å²) in [5.41, 5.74) is 2.57. The summed E-state index contributed by atoms with van der Waals surface area (Å²) >= 11 is 0. The van der Waals surface area contributed by atoms with E-state index in [0.29, 0.717) is 18.1 Å². The van der Waals surface area contributed by atoms with Crippen LogP contribution in [0, 0.1) is 0 Å². The van der Waals surface area contributed by atoms with Crippen molar-refractivity contribution in [3.05, 3.63) is 35.5 Å². The second kappa shape index (κ2) is 5.45. The molecule has 0 unspecified atom stereocenters. The molecule has 4 nitrogen and oxygen atoms in total. The Labute approximate surface area is 112 Å². The number of carbonyl (C=O) groups is 1. The Bertz CT molecular complexity index is 599. The number of fused-ring (bicyclic) bond motifs is 1. The lowest BCUT2D eigenvalue weighted by molar-refractivity contribution is 0.0697. The van der Waals surface area contributed by atoms with Crippen LogP contribution in [0.25, 0.3) is 10.9 Å². The van der Waals surface area contributed by atoms with E-state index in [2.05, 4.69) is 24.6 Å². The van der Waals surface area contributed by atoms with E-state index in [1.165, 1.54) is 5.56 Å². The van der Waals surface area contributed by atoms with Crippen LogP contribution in [0.5, 0.6) is 0 Å². The lowest BCUT2D eigenvalue weighted by atomic mass is 10.0. The molecule has 0 atom stereocenters. The second-order valence-corrected chi connectivity index (χ2v) is 4.96. The van der Waals surface area contributed by atoms with Crippen LogP contribution in [0.15, 0.2) is 24.4 Å². The van der Waals surface area contributed by atoms with Crippen LogP contribution in [0.3, 0.4) is 0 Å². The van der Waals surface area contributed by atoms with Crippen LogP contribution in [-0.2, 0) is 11.3 Å². The largest absolute Gasteiger partial charge is 0.478 e. The average molecular weight is 261 g/mol. The molecule has 0 spiro atoms. The van der Waals surface area contributed by atoms with Gasteiger partial charge in [0, 0.05) is 30.8 Å². The van der Waals surface area contributed by atoms with E-state index in [4.69, 9.17) is 9.84 Å². The van der Waals surface area contributed by atoms with Gasteiger partial charge in [0.05, 0.1) is 12.2 Å². The molecule has 1 aromatic heterocycles. The fourth-order valence-corrected chi connectivity index (χ4v) is 2.29. The molecular formula is C15H19NO3. The van der Waals surface area contributed by atoms with E-state index in [1.807, 2.05) is 6.07 Å². The Morgan fingerprint density at radius 2 is 2.16 bits per heavy atom. The summed E-state index contributed by atoms with van der Waals surface area (Å²) in [6.07, 6.45) is 2.10. The van der Waals surface area contributed by atoms with Crippen molar-refractivity contribution < 1.29 is 14.6 Å². The van der Waals surface area contributed by atoms with Gasteiger partial charge in [-0.2, -0.15) is 0 Å². The van der Waals surface area contributed by atoms with Crippen molar-refractivity contribution in [3.63, 3.8) is 0 Å². The summed E-state index contributed by atoms with van der Waals surface area (Å²) in [6, 6.07) is 5.29. The molecule has 0 bridgehead atoms. The monoisotopic (exact) mass is 261 g/mol. The maximum atomic E-state index is 11.1. The molecule has 0 aliphatic heterocycles. The lowest BCUT2D eigenvalue weighted by Crippen LogP contribution is -2.02. The SMILES string of the molecule is COCCn1cc(C(C)C)c2cc(C(=O)O)ccc21. The van der Waals surface area contributed by atoms with Gasteiger partial charge >= 0.3 is 5.97 Å². The van der Waals surface area contributed by atoms with Gasteiger partial charge in [-0.1, -0.05) is 13.8 Å². The minimum absolute atomic E-state index is 0.332. The molecule has 0 aliphatic carbocycles. The maximum absolute atomic E-state index is 11.1. The predicted molar refractivity (Wildman–Crippen MR) is 74.9 cm³/mol. The number of aromatic nitrogens is 1. The zero-order chi connectivity index (χ0) is 14.0. The molecule has 102 valence electrons. The quantitative estimate of drug-likeness (QED) is 0.899. The molecule has 0 fully saturated rings. The molecular weight excluding hydrogens is 242 g/mol. The first kappa shape index (κ1) is 13.6. The van der Waals surface area contributed by atoms with Gasteiger partial charge in [-0.15, -0.1) is 0 Å². The van der Waals surface area contributed by atoms with Crippen molar-refractivity contribution in [2.45, 2.75) is 26.3 Å². The number of rotatable bonds is 5. The van der Waals surface area contributed by atoms with Crippen LogP contribution in [0.2, 0.25) is 0 Å². The van der Waals surface area contributed by atoms with Crippen LogP contribution in [0.1, 0.15) is 35.7 Å². The Kier molecular flexibility index (Phi) is 3.90. The topological polar surface area (TPSA) is 51.5 Å². The molecule has 1 heterocycles. The van der Waals surface area contributed by atoms with Crippen molar-refractivity contribution in [1.82, 2.24) is 4.57 Å². The van der Waals surface area contributed by atoms with Gasteiger partial charge in [-0.25, -0.2) is 4.79 Å². The zero-order valence-electron chi connectivity index (χ0n) is 11.5. The average Bonchev–Trinajstić information content (AvgIpc) is 2.74. The molecule has 0 saturated carbocycles. The van der Waals surface area contributed by atoms with Crippen molar-refractivity contribution in [3.8, 4) is 0 Å². The maximum Gasteiger partial charge on any atom is 0.335 e. The molecule has 2 aromatic rings. The summed E-state index contributed by atoms with van der Waals surface area (Å²) in [5.74, 6) is -0.531. The number of carboxylic acid groups (broad SMARTS) is 1. The summed E-state index contributed by atoms with van der Waals surface area (Å²) in [6.45, 7) is 5.64. The standard InChI is InChI=1S/C15H19NO3/c1-10(2)13-9-16(6-7-19-3)14-5-4-11(15(17)18)8-12(13)14/h4-5,8-10H,6-7H2,1-3H3,(H,17,18). The summed E-state index contributed by atoms with van der Waals surface area (Å²) < 4.78 is 7.24. The number of carboxylic acids is 1. The number of benzene rings is 1. The number of methoxy groups -OCH3 is 1. The van der Waals surface area contributed by atoms with Crippen molar-refractivity contribution in [1.29, 1.82) is 0 Å². The third kappa shape index (κ3) is 2.63. The smallest absolute Gasteiger partial charge is 0.335 e. The number of hydrogen-bond donors (Lipinski definition) is 1. The predicted octanol–water partition coefficient (Wildman–Crippen LogP) is 3.11. The highest BCUT2D eigenvalue weighted by molar-refractivity contribution is 5.95. The third-order valence-electron chi connectivity index (χ3n) is 3.32. The van der Waals surface area contributed by atoms with Crippen LogP contribution >= 0.6 is 0 Å². The minimum Gasteiger partial charge on any atom is -0.478 e. The fraction of sp³-hybridized carbons (Fsp3) is 0.400. The van der Waals surface area contributed by atoms with Gasteiger partial charge in [-0.05, 0) is 29.7 Å². The highest BCUT2D eigenvalue weighted by Crippen LogP contribution is 2.28. The Hall–Kier alpha value is -1.81. The molecule has 0 aliphatic rings.